The molecular formula is C25H30N4O5S. The molecule has 10 heteroatoms. The van der Waals surface area contributed by atoms with Gasteiger partial charge in [-0.15, -0.1) is 0 Å². The van der Waals surface area contributed by atoms with Crippen molar-refractivity contribution in [1.82, 2.24) is 19.6 Å². The first kappa shape index (κ1) is 24.7. The van der Waals surface area contributed by atoms with E-state index in [0.717, 1.165) is 17.7 Å². The number of aromatic nitrogens is 2. The molecule has 3 aromatic rings. The number of fused-ring (bicyclic) bond motifs is 1. The molecule has 1 amide bonds. The molecule has 0 saturated heterocycles. The fourth-order valence-electron chi connectivity index (χ4n) is 3.81. The van der Waals surface area contributed by atoms with Crippen molar-refractivity contribution in [1.29, 1.82) is 0 Å². The van der Waals surface area contributed by atoms with Crippen molar-refractivity contribution in [2.24, 2.45) is 0 Å². The van der Waals surface area contributed by atoms with Crippen LogP contribution in [-0.4, -0.2) is 43.6 Å². The molecule has 1 aliphatic rings. The van der Waals surface area contributed by atoms with E-state index in [0.29, 0.717) is 50.5 Å². The maximum Gasteiger partial charge on any atom is 0.240 e. The van der Waals surface area contributed by atoms with Crippen molar-refractivity contribution < 1.29 is 22.7 Å². The van der Waals surface area contributed by atoms with E-state index in [-0.39, 0.29) is 16.8 Å². The summed E-state index contributed by atoms with van der Waals surface area (Å²) < 4.78 is 40.5. The Morgan fingerprint density at radius 2 is 1.83 bits per heavy atom. The Kier molecular flexibility index (Phi) is 8.04. The van der Waals surface area contributed by atoms with Gasteiger partial charge in [0.15, 0.2) is 11.5 Å². The summed E-state index contributed by atoms with van der Waals surface area (Å²) in [5.41, 5.74) is 2.03. The Morgan fingerprint density at radius 3 is 2.57 bits per heavy atom. The topological polar surface area (TPSA) is 112 Å². The highest BCUT2D eigenvalue weighted by Gasteiger charge is 2.19. The van der Waals surface area contributed by atoms with E-state index < -0.39 is 10.0 Å². The van der Waals surface area contributed by atoms with Crippen molar-refractivity contribution in [3.8, 4) is 17.2 Å². The van der Waals surface area contributed by atoms with E-state index in [2.05, 4.69) is 15.0 Å². The summed E-state index contributed by atoms with van der Waals surface area (Å²) in [7, 11) is -3.63. The summed E-state index contributed by atoms with van der Waals surface area (Å²) in [5.74, 6) is 0.968. The van der Waals surface area contributed by atoms with Crippen LogP contribution >= 0.6 is 0 Å². The lowest BCUT2D eigenvalue weighted by Gasteiger charge is -2.18. The van der Waals surface area contributed by atoms with Gasteiger partial charge in [-0.25, -0.2) is 18.1 Å². The van der Waals surface area contributed by atoms with Gasteiger partial charge >= 0.3 is 0 Å². The van der Waals surface area contributed by atoms with Crippen LogP contribution in [0.2, 0.25) is 0 Å². The van der Waals surface area contributed by atoms with Crippen molar-refractivity contribution in [3.05, 3.63) is 66.7 Å². The number of hydrogen-bond acceptors (Lipinski definition) is 6. The lowest BCUT2D eigenvalue weighted by Crippen LogP contribution is -2.26. The van der Waals surface area contributed by atoms with Crippen molar-refractivity contribution in [2.45, 2.75) is 43.5 Å². The second-order valence-electron chi connectivity index (χ2n) is 8.36. The SMILES string of the molecule is C[C@H](NC(=O)CCCCCNS(=O)(=O)c1ccc2c(c1)OCCO2)c1ccc(-n2ccnc2)cc1. The highest BCUT2D eigenvalue weighted by Crippen LogP contribution is 2.32. The summed E-state index contributed by atoms with van der Waals surface area (Å²) in [6, 6.07) is 12.5. The highest BCUT2D eigenvalue weighted by molar-refractivity contribution is 7.89. The maximum absolute atomic E-state index is 12.5. The monoisotopic (exact) mass is 498 g/mol. The minimum atomic E-state index is -3.63. The molecule has 2 N–H and O–H groups in total. The molecule has 2 aromatic carbocycles. The predicted octanol–water partition coefficient (Wildman–Crippen LogP) is 3.36. The van der Waals surface area contributed by atoms with Gasteiger partial charge in [0, 0.05) is 37.1 Å². The highest BCUT2D eigenvalue weighted by atomic mass is 32.2. The Hall–Kier alpha value is -3.37. The van der Waals surface area contributed by atoms with Gasteiger partial charge in [0.2, 0.25) is 15.9 Å². The third-order valence-electron chi connectivity index (χ3n) is 5.77. The summed E-state index contributed by atoms with van der Waals surface area (Å²) in [5, 5.41) is 3.02. The Morgan fingerprint density at radius 1 is 1.06 bits per heavy atom. The van der Waals surface area contributed by atoms with Gasteiger partial charge in [0.05, 0.1) is 17.3 Å². The minimum Gasteiger partial charge on any atom is -0.486 e. The van der Waals surface area contributed by atoms with E-state index in [4.69, 9.17) is 9.47 Å². The van der Waals surface area contributed by atoms with Gasteiger partial charge in [-0.05, 0) is 49.6 Å². The first-order valence-corrected chi connectivity index (χ1v) is 13.2. The van der Waals surface area contributed by atoms with Crippen LogP contribution in [0.4, 0.5) is 0 Å². The number of benzene rings is 2. The van der Waals surface area contributed by atoms with Gasteiger partial charge < -0.3 is 19.4 Å². The molecule has 0 spiro atoms. The molecule has 1 aromatic heterocycles. The third kappa shape index (κ3) is 6.61. The van der Waals surface area contributed by atoms with E-state index in [1.807, 2.05) is 42.0 Å². The largest absolute Gasteiger partial charge is 0.486 e. The van der Waals surface area contributed by atoms with Crippen LogP contribution in [0.1, 0.15) is 44.2 Å². The van der Waals surface area contributed by atoms with Gasteiger partial charge in [-0.1, -0.05) is 18.6 Å². The Balaban J connectivity index is 1.14. The average molecular weight is 499 g/mol. The zero-order valence-electron chi connectivity index (χ0n) is 19.6. The first-order valence-electron chi connectivity index (χ1n) is 11.7. The first-order chi connectivity index (χ1) is 16.9. The van der Waals surface area contributed by atoms with Gasteiger partial charge in [-0.2, -0.15) is 0 Å². The summed E-state index contributed by atoms with van der Waals surface area (Å²) in [6.45, 7) is 3.11. The molecule has 0 aliphatic carbocycles. The predicted molar refractivity (Wildman–Crippen MR) is 131 cm³/mol. The second-order valence-corrected chi connectivity index (χ2v) is 10.1. The normalized spacial score (nSPS) is 13.9. The molecule has 1 atom stereocenters. The van der Waals surface area contributed by atoms with Crippen LogP contribution < -0.4 is 19.5 Å². The minimum absolute atomic E-state index is 0.0203. The number of nitrogens with zero attached hydrogens (tertiary/aromatic N) is 2. The van der Waals surface area contributed by atoms with Crippen molar-refractivity contribution in [2.75, 3.05) is 19.8 Å². The molecule has 0 radical (unpaired) electrons. The van der Waals surface area contributed by atoms with Crippen LogP contribution in [0, 0.1) is 0 Å². The van der Waals surface area contributed by atoms with Crippen LogP contribution in [0.15, 0.2) is 66.1 Å². The van der Waals surface area contributed by atoms with Crippen LogP contribution in [0.3, 0.4) is 0 Å². The number of nitrogens with one attached hydrogen (secondary N) is 2. The van der Waals surface area contributed by atoms with E-state index >= 15 is 0 Å². The number of hydrogen-bond donors (Lipinski definition) is 2. The Labute approximate surface area is 205 Å². The van der Waals surface area contributed by atoms with Gasteiger partial charge in [-0.3, -0.25) is 4.79 Å². The molecule has 0 unspecified atom stereocenters. The van der Waals surface area contributed by atoms with E-state index in [1.54, 1.807) is 18.6 Å². The summed E-state index contributed by atoms with van der Waals surface area (Å²) in [6.07, 6.45) is 7.81. The zero-order chi connectivity index (χ0) is 24.7. The standard InChI is InChI=1S/C25H30N4O5S/c1-19(20-6-8-21(9-7-20)29-14-13-26-18-29)28-25(30)5-3-2-4-12-27-35(31,32)22-10-11-23-24(17-22)34-16-15-33-23/h6-11,13-14,17-19,27H,2-5,12,15-16H2,1H3,(H,28,30)/t19-/m0/s1. The number of sulfonamides is 1. The third-order valence-corrected chi connectivity index (χ3v) is 7.23. The van der Waals surface area contributed by atoms with E-state index in [9.17, 15) is 13.2 Å². The van der Waals surface area contributed by atoms with Gasteiger partial charge in [0.25, 0.3) is 0 Å². The van der Waals surface area contributed by atoms with Gasteiger partial charge in [0.1, 0.15) is 13.2 Å². The zero-order valence-corrected chi connectivity index (χ0v) is 20.5. The fraction of sp³-hybridized carbons (Fsp3) is 0.360. The van der Waals surface area contributed by atoms with Crippen molar-refractivity contribution in [3.63, 3.8) is 0 Å². The molecule has 1 aliphatic heterocycles. The summed E-state index contributed by atoms with van der Waals surface area (Å²) in [4.78, 5) is 16.5. The number of carbonyl (C=O) groups excluding carboxylic acids is 1. The quantitative estimate of drug-likeness (QED) is 0.392. The molecule has 35 heavy (non-hydrogen) atoms. The summed E-state index contributed by atoms with van der Waals surface area (Å²) >= 11 is 0. The lowest BCUT2D eigenvalue weighted by molar-refractivity contribution is -0.121. The smallest absolute Gasteiger partial charge is 0.240 e. The lowest BCUT2D eigenvalue weighted by atomic mass is 10.1. The molecular weight excluding hydrogens is 468 g/mol. The fourth-order valence-corrected chi connectivity index (χ4v) is 4.90. The molecule has 186 valence electrons. The second kappa shape index (κ2) is 11.4. The van der Waals surface area contributed by atoms with Crippen LogP contribution in [0.5, 0.6) is 11.5 Å². The molecule has 0 fully saturated rings. The number of imidazole rings is 1. The molecule has 2 heterocycles. The number of rotatable bonds is 11. The Bertz CT molecular complexity index is 1230. The van der Waals surface area contributed by atoms with E-state index in [1.165, 1.54) is 12.1 Å². The number of ether oxygens (including phenoxy) is 2. The number of amides is 1. The van der Waals surface area contributed by atoms with Crippen LogP contribution in [-0.2, 0) is 14.8 Å². The average Bonchev–Trinajstić information content (AvgIpc) is 3.41. The maximum atomic E-state index is 12.5. The van der Waals surface area contributed by atoms with Crippen LogP contribution in [0.25, 0.3) is 5.69 Å². The molecule has 0 bridgehead atoms. The molecule has 9 nitrogen and oxygen atoms in total. The van der Waals surface area contributed by atoms with Crippen molar-refractivity contribution >= 4 is 15.9 Å². The number of unbranched alkanes of at least 4 members (excludes halogenated alkanes) is 2. The molecule has 0 saturated carbocycles. The number of carbonyl (C=O) groups is 1. The molecule has 4 rings (SSSR count).